The van der Waals surface area contributed by atoms with Gasteiger partial charge in [-0.25, -0.2) is 4.98 Å². The van der Waals surface area contributed by atoms with Crippen LogP contribution in [-0.2, 0) is 13.2 Å². The van der Waals surface area contributed by atoms with Gasteiger partial charge < -0.3 is 9.64 Å². The number of thiazole rings is 1. The van der Waals surface area contributed by atoms with Crippen LogP contribution in [0.3, 0.4) is 0 Å². The molecular formula is C21H22N4O2S. The van der Waals surface area contributed by atoms with E-state index in [0.29, 0.717) is 17.9 Å². The molecule has 1 amide bonds. The smallest absolute Gasteiger partial charge is 0.254 e. The molecule has 0 spiro atoms. The molecule has 0 aliphatic carbocycles. The largest absolute Gasteiger partial charge is 0.487 e. The molecule has 0 N–H and O–H groups in total. The Kier molecular flexibility index (Phi) is 5.94. The molecule has 2 aromatic heterocycles. The van der Waals surface area contributed by atoms with E-state index in [1.807, 2.05) is 58.9 Å². The van der Waals surface area contributed by atoms with Gasteiger partial charge in [0.1, 0.15) is 12.4 Å². The van der Waals surface area contributed by atoms with Crippen LogP contribution in [0.1, 0.15) is 21.7 Å². The molecule has 0 radical (unpaired) electrons. The van der Waals surface area contributed by atoms with Crippen molar-refractivity contribution < 1.29 is 9.53 Å². The first-order valence-electron chi connectivity index (χ1n) is 9.29. The lowest BCUT2D eigenvalue weighted by atomic mass is 10.1. The lowest BCUT2D eigenvalue weighted by Gasteiger charge is -2.34. The third-order valence-corrected chi connectivity index (χ3v) is 5.36. The van der Waals surface area contributed by atoms with Crippen LogP contribution < -0.4 is 4.74 Å². The minimum Gasteiger partial charge on any atom is -0.487 e. The molecule has 1 aromatic carbocycles. The third kappa shape index (κ3) is 4.74. The molecule has 1 fully saturated rings. The first kappa shape index (κ1) is 18.6. The summed E-state index contributed by atoms with van der Waals surface area (Å²) in [6.07, 6.45) is 1.82. The fourth-order valence-corrected chi connectivity index (χ4v) is 3.74. The highest BCUT2D eigenvalue weighted by molar-refractivity contribution is 7.07. The second kappa shape index (κ2) is 8.95. The average Bonchev–Trinajstić information content (AvgIpc) is 3.27. The number of rotatable bonds is 6. The fraction of sp³-hybridized carbons (Fsp3) is 0.286. The molecule has 1 aliphatic rings. The van der Waals surface area contributed by atoms with Gasteiger partial charge in [-0.15, -0.1) is 11.3 Å². The Hall–Kier alpha value is -2.77. The van der Waals surface area contributed by atoms with Crippen molar-refractivity contribution in [3.05, 3.63) is 76.5 Å². The number of benzene rings is 1. The predicted octanol–water partition coefficient (Wildman–Crippen LogP) is 3.08. The van der Waals surface area contributed by atoms with Crippen molar-refractivity contribution in [3.8, 4) is 5.75 Å². The highest BCUT2D eigenvalue weighted by atomic mass is 32.1. The summed E-state index contributed by atoms with van der Waals surface area (Å²) in [5, 5.41) is 1.96. The Morgan fingerprint density at radius 1 is 1.04 bits per heavy atom. The lowest BCUT2D eigenvalue weighted by molar-refractivity contribution is 0.0626. The van der Waals surface area contributed by atoms with Crippen molar-refractivity contribution >= 4 is 17.2 Å². The summed E-state index contributed by atoms with van der Waals surface area (Å²) >= 11 is 1.54. The predicted molar refractivity (Wildman–Crippen MR) is 108 cm³/mol. The van der Waals surface area contributed by atoms with E-state index < -0.39 is 0 Å². The first-order chi connectivity index (χ1) is 13.8. The van der Waals surface area contributed by atoms with E-state index in [9.17, 15) is 4.79 Å². The fourth-order valence-electron chi connectivity index (χ4n) is 3.20. The summed E-state index contributed by atoms with van der Waals surface area (Å²) in [4.78, 5) is 25.7. The Bertz CT molecular complexity index is 894. The average molecular weight is 395 g/mol. The summed E-state index contributed by atoms with van der Waals surface area (Å²) in [6.45, 7) is 4.37. The van der Waals surface area contributed by atoms with Crippen molar-refractivity contribution in [2.24, 2.45) is 0 Å². The first-order valence-corrected chi connectivity index (χ1v) is 10.2. The van der Waals surface area contributed by atoms with Gasteiger partial charge in [0.15, 0.2) is 0 Å². The number of pyridine rings is 1. The zero-order chi connectivity index (χ0) is 19.2. The molecule has 28 heavy (non-hydrogen) atoms. The maximum atomic E-state index is 12.9. The molecule has 0 bridgehead atoms. The Morgan fingerprint density at radius 3 is 2.68 bits per heavy atom. The lowest BCUT2D eigenvalue weighted by Crippen LogP contribution is -2.48. The van der Waals surface area contributed by atoms with E-state index in [-0.39, 0.29) is 5.91 Å². The van der Waals surface area contributed by atoms with Crippen LogP contribution in [0.4, 0.5) is 0 Å². The molecule has 7 heteroatoms. The molecule has 1 aliphatic heterocycles. The number of piperazine rings is 1. The number of nitrogens with zero attached hydrogens (tertiary/aromatic N) is 4. The summed E-state index contributed by atoms with van der Waals surface area (Å²) in [7, 11) is 0. The molecule has 0 saturated carbocycles. The minimum absolute atomic E-state index is 0.0524. The van der Waals surface area contributed by atoms with Crippen molar-refractivity contribution in [1.29, 1.82) is 0 Å². The van der Waals surface area contributed by atoms with Gasteiger partial charge in [-0.05, 0) is 30.3 Å². The number of amides is 1. The van der Waals surface area contributed by atoms with Crippen LogP contribution in [0.15, 0.2) is 59.6 Å². The normalized spacial score (nSPS) is 14.8. The number of ether oxygens (including phenoxy) is 1. The third-order valence-electron chi connectivity index (χ3n) is 4.72. The van der Waals surface area contributed by atoms with Gasteiger partial charge in [0.05, 0.1) is 16.9 Å². The van der Waals surface area contributed by atoms with E-state index in [4.69, 9.17) is 4.74 Å². The molecular weight excluding hydrogens is 372 g/mol. The number of aromatic nitrogens is 2. The van der Waals surface area contributed by atoms with Crippen molar-refractivity contribution in [1.82, 2.24) is 19.8 Å². The van der Waals surface area contributed by atoms with Crippen LogP contribution in [0.5, 0.6) is 5.75 Å². The van der Waals surface area contributed by atoms with Crippen LogP contribution in [0, 0.1) is 0 Å². The second-order valence-electron chi connectivity index (χ2n) is 6.69. The van der Waals surface area contributed by atoms with E-state index in [1.54, 1.807) is 16.8 Å². The highest BCUT2D eigenvalue weighted by Gasteiger charge is 2.22. The summed E-state index contributed by atoms with van der Waals surface area (Å²) in [6, 6.07) is 13.4. The molecule has 4 rings (SSSR count). The molecule has 0 atom stereocenters. The quantitative estimate of drug-likeness (QED) is 0.643. The SMILES string of the molecule is O=C(c1cccc(OCc2cscn2)c1)N1CCN(Cc2ccccn2)CC1. The molecule has 3 heterocycles. The molecule has 6 nitrogen and oxygen atoms in total. The monoisotopic (exact) mass is 394 g/mol. The Labute approximate surface area is 168 Å². The summed E-state index contributed by atoms with van der Waals surface area (Å²) in [5.74, 6) is 0.740. The zero-order valence-corrected chi connectivity index (χ0v) is 16.3. The number of carbonyl (C=O) groups is 1. The Morgan fingerprint density at radius 2 is 1.93 bits per heavy atom. The van der Waals surface area contributed by atoms with Crippen molar-refractivity contribution in [3.63, 3.8) is 0 Å². The second-order valence-corrected chi connectivity index (χ2v) is 7.40. The van der Waals surface area contributed by atoms with Crippen LogP contribution in [0.25, 0.3) is 0 Å². The molecule has 0 unspecified atom stereocenters. The van der Waals surface area contributed by atoms with Crippen LogP contribution in [-0.4, -0.2) is 51.9 Å². The van der Waals surface area contributed by atoms with E-state index >= 15 is 0 Å². The van der Waals surface area contributed by atoms with Gasteiger partial charge in [0, 0.05) is 49.9 Å². The summed E-state index contributed by atoms with van der Waals surface area (Å²) in [5.41, 5.74) is 4.40. The Balaban J connectivity index is 1.31. The minimum atomic E-state index is 0.0524. The van der Waals surface area contributed by atoms with Gasteiger partial charge in [0.25, 0.3) is 5.91 Å². The highest BCUT2D eigenvalue weighted by Crippen LogP contribution is 2.18. The molecule has 3 aromatic rings. The number of hydrogen-bond donors (Lipinski definition) is 0. The van der Waals surface area contributed by atoms with Gasteiger partial charge in [-0.3, -0.25) is 14.7 Å². The van der Waals surface area contributed by atoms with Gasteiger partial charge in [-0.1, -0.05) is 12.1 Å². The van der Waals surface area contributed by atoms with E-state index in [0.717, 1.165) is 44.1 Å². The van der Waals surface area contributed by atoms with Crippen molar-refractivity contribution in [2.75, 3.05) is 26.2 Å². The van der Waals surface area contributed by atoms with Crippen molar-refractivity contribution in [2.45, 2.75) is 13.2 Å². The maximum Gasteiger partial charge on any atom is 0.254 e. The van der Waals surface area contributed by atoms with Gasteiger partial charge in [-0.2, -0.15) is 0 Å². The topological polar surface area (TPSA) is 58.6 Å². The maximum absolute atomic E-state index is 12.9. The van der Waals surface area contributed by atoms with Gasteiger partial charge in [0.2, 0.25) is 0 Å². The summed E-state index contributed by atoms with van der Waals surface area (Å²) < 4.78 is 5.77. The van der Waals surface area contributed by atoms with E-state index in [1.165, 1.54) is 0 Å². The van der Waals surface area contributed by atoms with Gasteiger partial charge >= 0.3 is 0 Å². The zero-order valence-electron chi connectivity index (χ0n) is 15.5. The van der Waals surface area contributed by atoms with Crippen LogP contribution in [0.2, 0.25) is 0 Å². The number of carbonyl (C=O) groups excluding carboxylic acids is 1. The van der Waals surface area contributed by atoms with E-state index in [2.05, 4.69) is 14.9 Å². The standard InChI is InChI=1S/C21H22N4O2S/c26-21(17-4-3-6-20(12-17)27-14-19-15-28-16-23-19)25-10-8-24(9-11-25)13-18-5-1-2-7-22-18/h1-7,12,15-16H,8-11,13-14H2. The molecule has 144 valence electrons. The number of hydrogen-bond acceptors (Lipinski definition) is 6. The molecule has 1 saturated heterocycles. The van der Waals surface area contributed by atoms with Crippen LogP contribution >= 0.6 is 11.3 Å².